The number of benzene rings is 1. The molecule has 6 heteroatoms. The smallest absolute Gasteiger partial charge is 0.221 e. The van der Waals surface area contributed by atoms with Crippen LogP contribution in [0.25, 0.3) is 0 Å². The van der Waals surface area contributed by atoms with Crippen molar-refractivity contribution >= 4 is 24.0 Å². The highest BCUT2D eigenvalue weighted by molar-refractivity contribution is 5.88. The van der Waals surface area contributed by atoms with Crippen molar-refractivity contribution in [2.75, 3.05) is 31.6 Å². The third-order valence-corrected chi connectivity index (χ3v) is 5.13. The van der Waals surface area contributed by atoms with Gasteiger partial charge in [-0.3, -0.25) is 4.79 Å². The standard InChI is InChI=1S/C19H29N3O2.ClH/c1-14(23)22-16-7-5-15(6-8-16)9-10-20-18-4-2-3-17(18)19-13-24-12-11-21-19;/h5-8,17-21H,2-4,9-13H2,1H3,(H,22,23);1H. The van der Waals surface area contributed by atoms with Crippen LogP contribution in [0.5, 0.6) is 0 Å². The predicted octanol–water partition coefficient (Wildman–Crippen LogP) is 2.36. The average Bonchev–Trinajstić information content (AvgIpc) is 3.05. The lowest BCUT2D eigenvalue weighted by molar-refractivity contribution is -0.114. The van der Waals surface area contributed by atoms with E-state index >= 15 is 0 Å². The zero-order valence-corrected chi connectivity index (χ0v) is 15.7. The molecule has 2 fully saturated rings. The van der Waals surface area contributed by atoms with Gasteiger partial charge in [0.25, 0.3) is 0 Å². The molecule has 1 heterocycles. The number of halogens is 1. The molecule has 0 bridgehead atoms. The molecule has 5 nitrogen and oxygen atoms in total. The van der Waals surface area contributed by atoms with E-state index in [2.05, 4.69) is 28.1 Å². The normalized spacial score (nSPS) is 26.0. The molecule has 3 unspecified atom stereocenters. The minimum absolute atomic E-state index is 0. The molecule has 1 aromatic carbocycles. The number of morpholine rings is 1. The molecular weight excluding hydrogens is 338 g/mol. The zero-order chi connectivity index (χ0) is 16.8. The van der Waals surface area contributed by atoms with Gasteiger partial charge in [-0.05, 0) is 49.4 Å². The van der Waals surface area contributed by atoms with Gasteiger partial charge < -0.3 is 20.7 Å². The molecule has 3 atom stereocenters. The molecular formula is C19H30ClN3O2. The lowest BCUT2D eigenvalue weighted by atomic mass is 9.94. The minimum atomic E-state index is -0.0306. The van der Waals surface area contributed by atoms with Crippen molar-refractivity contribution in [1.29, 1.82) is 0 Å². The third-order valence-electron chi connectivity index (χ3n) is 5.13. The maximum absolute atomic E-state index is 11.0. The van der Waals surface area contributed by atoms with Gasteiger partial charge >= 0.3 is 0 Å². The van der Waals surface area contributed by atoms with Gasteiger partial charge in [0, 0.05) is 31.2 Å². The molecule has 0 radical (unpaired) electrons. The fourth-order valence-corrected chi connectivity index (χ4v) is 3.94. The van der Waals surface area contributed by atoms with E-state index in [9.17, 15) is 4.79 Å². The summed E-state index contributed by atoms with van der Waals surface area (Å²) in [6.07, 6.45) is 4.89. The van der Waals surface area contributed by atoms with E-state index in [1.54, 1.807) is 0 Å². The summed E-state index contributed by atoms with van der Waals surface area (Å²) < 4.78 is 5.64. The second-order valence-electron chi connectivity index (χ2n) is 6.92. The number of hydrogen-bond acceptors (Lipinski definition) is 4. The Morgan fingerprint density at radius 2 is 2.08 bits per heavy atom. The zero-order valence-electron chi connectivity index (χ0n) is 14.9. The van der Waals surface area contributed by atoms with Crippen LogP contribution in [0.3, 0.4) is 0 Å². The summed E-state index contributed by atoms with van der Waals surface area (Å²) in [7, 11) is 0. The first-order valence-electron chi connectivity index (χ1n) is 9.13. The van der Waals surface area contributed by atoms with Gasteiger partial charge in [0.2, 0.25) is 5.91 Å². The van der Waals surface area contributed by atoms with Crippen LogP contribution >= 0.6 is 12.4 Å². The molecule has 25 heavy (non-hydrogen) atoms. The number of nitrogens with one attached hydrogen (secondary N) is 3. The summed E-state index contributed by atoms with van der Waals surface area (Å²) in [5.41, 5.74) is 2.16. The van der Waals surface area contributed by atoms with E-state index in [-0.39, 0.29) is 18.3 Å². The Kier molecular flexibility index (Phi) is 8.16. The fraction of sp³-hybridized carbons (Fsp3) is 0.632. The van der Waals surface area contributed by atoms with Crippen LogP contribution in [-0.4, -0.2) is 44.3 Å². The van der Waals surface area contributed by atoms with Crippen molar-refractivity contribution in [3.05, 3.63) is 29.8 Å². The van der Waals surface area contributed by atoms with E-state index < -0.39 is 0 Å². The van der Waals surface area contributed by atoms with Crippen LogP contribution in [0.4, 0.5) is 5.69 Å². The lowest BCUT2D eigenvalue weighted by Gasteiger charge is -2.33. The second kappa shape index (κ2) is 10.1. The van der Waals surface area contributed by atoms with Gasteiger partial charge in [0.1, 0.15) is 0 Å². The fourth-order valence-electron chi connectivity index (χ4n) is 3.94. The maximum atomic E-state index is 11.0. The SMILES string of the molecule is CC(=O)Nc1ccc(CCNC2CCCC2C2COCCN2)cc1.Cl. The van der Waals surface area contributed by atoms with Crippen LogP contribution in [0.1, 0.15) is 31.7 Å². The molecule has 0 aromatic heterocycles. The Bertz CT molecular complexity index is 532. The molecule has 1 aliphatic carbocycles. The number of carbonyl (C=O) groups is 1. The summed E-state index contributed by atoms with van der Waals surface area (Å²) in [6, 6.07) is 9.24. The molecule has 0 spiro atoms. The van der Waals surface area contributed by atoms with Crippen molar-refractivity contribution in [3.63, 3.8) is 0 Å². The molecule has 1 amide bonds. The summed E-state index contributed by atoms with van der Waals surface area (Å²) in [6.45, 7) is 5.20. The Hall–Kier alpha value is -1.14. The van der Waals surface area contributed by atoms with Gasteiger partial charge in [0.15, 0.2) is 0 Å². The Morgan fingerprint density at radius 1 is 1.28 bits per heavy atom. The van der Waals surface area contributed by atoms with Gasteiger partial charge in [-0.15, -0.1) is 12.4 Å². The maximum Gasteiger partial charge on any atom is 0.221 e. The van der Waals surface area contributed by atoms with E-state index in [4.69, 9.17) is 4.74 Å². The number of amides is 1. The first-order chi connectivity index (χ1) is 11.7. The first-order valence-corrected chi connectivity index (χ1v) is 9.13. The van der Waals surface area contributed by atoms with E-state index in [0.29, 0.717) is 18.0 Å². The Morgan fingerprint density at radius 3 is 2.76 bits per heavy atom. The summed E-state index contributed by atoms with van der Waals surface area (Å²) in [4.78, 5) is 11.0. The molecule has 1 saturated heterocycles. The predicted molar refractivity (Wildman–Crippen MR) is 103 cm³/mol. The van der Waals surface area contributed by atoms with E-state index in [0.717, 1.165) is 38.4 Å². The number of hydrogen-bond donors (Lipinski definition) is 3. The lowest BCUT2D eigenvalue weighted by Crippen LogP contribution is -2.51. The number of rotatable bonds is 6. The van der Waals surface area contributed by atoms with Crippen molar-refractivity contribution < 1.29 is 9.53 Å². The quantitative estimate of drug-likeness (QED) is 0.722. The van der Waals surface area contributed by atoms with Gasteiger partial charge in [-0.25, -0.2) is 0 Å². The molecule has 3 N–H and O–H groups in total. The number of ether oxygens (including phenoxy) is 1. The van der Waals surface area contributed by atoms with Crippen molar-refractivity contribution in [2.45, 2.75) is 44.7 Å². The van der Waals surface area contributed by atoms with Crippen LogP contribution < -0.4 is 16.0 Å². The highest BCUT2D eigenvalue weighted by atomic mass is 35.5. The topological polar surface area (TPSA) is 62.4 Å². The molecule has 1 saturated carbocycles. The van der Waals surface area contributed by atoms with Crippen LogP contribution in [0.2, 0.25) is 0 Å². The van der Waals surface area contributed by atoms with E-state index in [1.807, 2.05) is 12.1 Å². The van der Waals surface area contributed by atoms with Crippen LogP contribution in [0, 0.1) is 5.92 Å². The number of anilines is 1. The largest absolute Gasteiger partial charge is 0.379 e. The Labute approximate surface area is 156 Å². The highest BCUT2D eigenvalue weighted by Gasteiger charge is 2.34. The first kappa shape index (κ1) is 20.2. The number of carbonyl (C=O) groups excluding carboxylic acids is 1. The monoisotopic (exact) mass is 367 g/mol. The van der Waals surface area contributed by atoms with Crippen molar-refractivity contribution in [1.82, 2.24) is 10.6 Å². The van der Waals surface area contributed by atoms with E-state index in [1.165, 1.54) is 31.7 Å². The van der Waals surface area contributed by atoms with Crippen molar-refractivity contribution in [3.8, 4) is 0 Å². The van der Waals surface area contributed by atoms with Gasteiger partial charge in [0.05, 0.1) is 13.2 Å². The molecule has 140 valence electrons. The molecule has 1 aliphatic heterocycles. The molecule has 3 rings (SSSR count). The van der Waals surface area contributed by atoms with Gasteiger partial charge in [-0.1, -0.05) is 18.6 Å². The summed E-state index contributed by atoms with van der Waals surface area (Å²) >= 11 is 0. The van der Waals surface area contributed by atoms with Crippen LogP contribution in [-0.2, 0) is 16.0 Å². The summed E-state index contributed by atoms with van der Waals surface area (Å²) in [5, 5.41) is 10.2. The van der Waals surface area contributed by atoms with Crippen LogP contribution in [0.15, 0.2) is 24.3 Å². The molecule has 1 aromatic rings. The molecule has 2 aliphatic rings. The summed E-state index contributed by atoms with van der Waals surface area (Å²) in [5.74, 6) is 0.657. The average molecular weight is 368 g/mol. The van der Waals surface area contributed by atoms with Gasteiger partial charge in [-0.2, -0.15) is 0 Å². The third kappa shape index (κ3) is 5.96. The highest BCUT2D eigenvalue weighted by Crippen LogP contribution is 2.29. The minimum Gasteiger partial charge on any atom is -0.379 e. The second-order valence-corrected chi connectivity index (χ2v) is 6.92. The van der Waals surface area contributed by atoms with Crippen molar-refractivity contribution in [2.24, 2.45) is 5.92 Å². The Balaban J connectivity index is 0.00000225.